The van der Waals surface area contributed by atoms with Crippen molar-refractivity contribution in [3.8, 4) is 0 Å². The number of halogens is 1. The summed E-state index contributed by atoms with van der Waals surface area (Å²) in [6.07, 6.45) is 5.76. The number of nitrogens with one attached hydrogen (secondary N) is 3. The van der Waals surface area contributed by atoms with Crippen molar-refractivity contribution in [2.75, 3.05) is 30.0 Å². The van der Waals surface area contributed by atoms with Gasteiger partial charge in [0.05, 0.1) is 5.92 Å². The Labute approximate surface area is 169 Å². The zero-order chi connectivity index (χ0) is 20.8. The van der Waals surface area contributed by atoms with E-state index >= 15 is 0 Å². The van der Waals surface area contributed by atoms with Crippen LogP contribution in [0.5, 0.6) is 0 Å². The molecule has 2 amide bonds. The summed E-state index contributed by atoms with van der Waals surface area (Å²) in [7, 11) is 0. The molecule has 4 N–H and O–H groups in total. The molecule has 160 valence electrons. The number of carbonyl (C=O) groups excluding carboxylic acids is 1. The molecule has 10 heteroatoms. The van der Waals surface area contributed by atoms with Crippen LogP contribution >= 0.6 is 0 Å². The highest BCUT2D eigenvalue weighted by Crippen LogP contribution is 2.30. The van der Waals surface area contributed by atoms with E-state index in [1.165, 1.54) is 0 Å². The van der Waals surface area contributed by atoms with E-state index in [4.69, 9.17) is 5.11 Å². The van der Waals surface area contributed by atoms with Crippen LogP contribution in [0.2, 0.25) is 0 Å². The summed E-state index contributed by atoms with van der Waals surface area (Å²) >= 11 is 0. The van der Waals surface area contributed by atoms with E-state index in [9.17, 15) is 14.0 Å². The fourth-order valence-corrected chi connectivity index (χ4v) is 4.13. The van der Waals surface area contributed by atoms with Crippen molar-refractivity contribution in [2.24, 2.45) is 11.8 Å². The molecule has 29 heavy (non-hydrogen) atoms. The molecule has 1 saturated carbocycles. The molecule has 2 fully saturated rings. The summed E-state index contributed by atoms with van der Waals surface area (Å²) in [5.41, 5.74) is 5.09. The molecule has 0 bridgehead atoms. The number of aryl methyl sites for hydroxylation is 1. The van der Waals surface area contributed by atoms with Crippen LogP contribution in [-0.4, -0.2) is 46.7 Å². The predicted molar refractivity (Wildman–Crippen MR) is 106 cm³/mol. The zero-order valence-electron chi connectivity index (χ0n) is 16.7. The van der Waals surface area contributed by atoms with Gasteiger partial charge in [0, 0.05) is 19.6 Å². The molecule has 0 spiro atoms. The maximum atomic E-state index is 14.9. The summed E-state index contributed by atoms with van der Waals surface area (Å²) in [4.78, 5) is 33.7. The number of anilines is 2. The molecule has 9 nitrogen and oxygen atoms in total. The standard InChI is InChI=1S/C19H29FN6O3/c1-12-22-16(15(20)17(23-12)26-8-4-5-9-26)24-25-18(27)14(11-21-19(28)29)10-13-6-2-3-7-13/h13-14,21H,2-11H2,1H3,(H,25,27)(H,28,29)(H,22,23,24)/t14-/m1/s1. The number of hydrogen-bond donors (Lipinski definition) is 4. The Kier molecular flexibility index (Phi) is 7.05. The van der Waals surface area contributed by atoms with Gasteiger partial charge in [0.1, 0.15) is 5.82 Å². The number of hydrogen-bond acceptors (Lipinski definition) is 6. The van der Waals surface area contributed by atoms with Crippen LogP contribution in [0.25, 0.3) is 0 Å². The number of carbonyl (C=O) groups is 2. The van der Waals surface area contributed by atoms with Gasteiger partial charge in [-0.1, -0.05) is 25.7 Å². The zero-order valence-corrected chi connectivity index (χ0v) is 16.7. The maximum Gasteiger partial charge on any atom is 0.404 e. The minimum atomic E-state index is -1.17. The molecule has 1 aliphatic heterocycles. The fraction of sp³-hybridized carbons (Fsp3) is 0.684. The number of carboxylic acid groups (broad SMARTS) is 1. The Morgan fingerprint density at radius 1 is 1.21 bits per heavy atom. The number of hydrazine groups is 1. The smallest absolute Gasteiger partial charge is 0.404 e. The van der Waals surface area contributed by atoms with E-state index in [0.717, 1.165) is 51.6 Å². The van der Waals surface area contributed by atoms with Crippen LogP contribution in [0.15, 0.2) is 0 Å². The van der Waals surface area contributed by atoms with Crippen LogP contribution < -0.4 is 21.1 Å². The van der Waals surface area contributed by atoms with Gasteiger partial charge in [0.15, 0.2) is 11.6 Å². The van der Waals surface area contributed by atoms with Crippen molar-refractivity contribution in [3.63, 3.8) is 0 Å². The lowest BCUT2D eigenvalue weighted by molar-refractivity contribution is -0.124. The minimum Gasteiger partial charge on any atom is -0.465 e. The van der Waals surface area contributed by atoms with Gasteiger partial charge >= 0.3 is 6.09 Å². The summed E-state index contributed by atoms with van der Waals surface area (Å²) in [6, 6.07) is 0. The number of rotatable bonds is 8. The first kappa shape index (κ1) is 21.1. The van der Waals surface area contributed by atoms with Crippen LogP contribution in [0.1, 0.15) is 50.8 Å². The van der Waals surface area contributed by atoms with Gasteiger partial charge in [-0.05, 0) is 32.1 Å². The van der Waals surface area contributed by atoms with E-state index in [1.807, 2.05) is 4.90 Å². The number of nitrogens with zero attached hydrogens (tertiary/aromatic N) is 3. The summed E-state index contributed by atoms with van der Waals surface area (Å²) in [5, 5.41) is 11.2. The Balaban J connectivity index is 1.65. The average Bonchev–Trinajstić information content (AvgIpc) is 3.39. The largest absolute Gasteiger partial charge is 0.465 e. The number of aromatic nitrogens is 2. The third-order valence-electron chi connectivity index (χ3n) is 5.62. The topological polar surface area (TPSA) is 119 Å². The molecule has 0 aromatic carbocycles. The molecular weight excluding hydrogens is 379 g/mol. The van der Waals surface area contributed by atoms with Gasteiger partial charge in [-0.3, -0.25) is 15.6 Å². The lowest BCUT2D eigenvalue weighted by Crippen LogP contribution is -2.42. The third kappa shape index (κ3) is 5.68. The molecule has 1 saturated heterocycles. The van der Waals surface area contributed by atoms with E-state index in [1.54, 1.807) is 6.92 Å². The van der Waals surface area contributed by atoms with Gasteiger partial charge < -0.3 is 15.3 Å². The van der Waals surface area contributed by atoms with E-state index < -0.39 is 17.8 Å². The molecule has 3 rings (SSSR count). The highest BCUT2D eigenvalue weighted by atomic mass is 19.1. The van der Waals surface area contributed by atoms with Gasteiger partial charge in [0.2, 0.25) is 11.7 Å². The highest BCUT2D eigenvalue weighted by Gasteiger charge is 2.27. The maximum absolute atomic E-state index is 14.9. The highest BCUT2D eigenvalue weighted by molar-refractivity contribution is 5.80. The molecule has 0 unspecified atom stereocenters. The molecule has 1 aromatic heterocycles. The average molecular weight is 408 g/mol. The van der Waals surface area contributed by atoms with Crippen molar-refractivity contribution in [3.05, 3.63) is 11.6 Å². The van der Waals surface area contributed by atoms with E-state index in [-0.39, 0.29) is 24.1 Å². The molecule has 1 atom stereocenters. The lowest BCUT2D eigenvalue weighted by atomic mass is 9.92. The van der Waals surface area contributed by atoms with Gasteiger partial charge in [-0.25, -0.2) is 14.8 Å². The quantitative estimate of drug-likeness (QED) is 0.488. The van der Waals surface area contributed by atoms with E-state index in [0.29, 0.717) is 18.2 Å². The van der Waals surface area contributed by atoms with Gasteiger partial charge in [0.25, 0.3) is 0 Å². The summed E-state index contributed by atoms with van der Waals surface area (Å²) in [5.74, 6) is -0.565. The van der Waals surface area contributed by atoms with Gasteiger partial charge in [-0.15, -0.1) is 0 Å². The normalized spacial score (nSPS) is 17.9. The molecule has 1 aromatic rings. The molecule has 1 aliphatic carbocycles. The van der Waals surface area contributed by atoms with Crippen LogP contribution in [-0.2, 0) is 4.79 Å². The Bertz CT molecular complexity index is 735. The summed E-state index contributed by atoms with van der Waals surface area (Å²) in [6.45, 7) is 3.17. The number of amides is 2. The Hall–Kier alpha value is -2.65. The Morgan fingerprint density at radius 3 is 2.55 bits per heavy atom. The molecular formula is C19H29FN6O3. The molecule has 0 radical (unpaired) electrons. The molecule has 2 aliphatic rings. The fourth-order valence-electron chi connectivity index (χ4n) is 4.13. The first-order valence-corrected chi connectivity index (χ1v) is 10.3. The second-order valence-corrected chi connectivity index (χ2v) is 7.83. The van der Waals surface area contributed by atoms with Crippen molar-refractivity contribution in [1.29, 1.82) is 0 Å². The molecule has 2 heterocycles. The lowest BCUT2D eigenvalue weighted by Gasteiger charge is -2.22. The van der Waals surface area contributed by atoms with Crippen LogP contribution in [0.4, 0.5) is 20.8 Å². The van der Waals surface area contributed by atoms with Crippen molar-refractivity contribution in [1.82, 2.24) is 20.7 Å². The Morgan fingerprint density at radius 2 is 1.90 bits per heavy atom. The van der Waals surface area contributed by atoms with Gasteiger partial charge in [-0.2, -0.15) is 4.39 Å². The van der Waals surface area contributed by atoms with E-state index in [2.05, 4.69) is 26.1 Å². The van der Waals surface area contributed by atoms with Crippen molar-refractivity contribution >= 4 is 23.6 Å². The van der Waals surface area contributed by atoms with Crippen molar-refractivity contribution in [2.45, 2.75) is 51.9 Å². The first-order valence-electron chi connectivity index (χ1n) is 10.3. The van der Waals surface area contributed by atoms with Crippen molar-refractivity contribution < 1.29 is 19.1 Å². The monoisotopic (exact) mass is 408 g/mol. The first-order chi connectivity index (χ1) is 13.9. The summed E-state index contributed by atoms with van der Waals surface area (Å²) < 4.78 is 14.9. The third-order valence-corrected chi connectivity index (χ3v) is 5.62. The van der Waals surface area contributed by atoms with Crippen LogP contribution in [0, 0.1) is 24.6 Å². The SMILES string of the molecule is Cc1nc(NNC(=O)[C@@H](CNC(=O)O)CC2CCCC2)c(F)c(N2CCCC2)n1. The second-order valence-electron chi connectivity index (χ2n) is 7.83. The second kappa shape index (κ2) is 9.71. The predicted octanol–water partition coefficient (Wildman–Crippen LogP) is 2.43. The minimum absolute atomic E-state index is 0.0175. The van der Waals surface area contributed by atoms with Crippen LogP contribution in [0.3, 0.4) is 0 Å².